The van der Waals surface area contributed by atoms with E-state index in [1.165, 1.54) is 0 Å². The van der Waals surface area contributed by atoms with Crippen LogP contribution in [0.5, 0.6) is 0 Å². The number of hydrogen-bond donors (Lipinski definition) is 1. The quantitative estimate of drug-likeness (QED) is 0.817. The number of piperidine rings is 1. The molecule has 1 aromatic carbocycles. The van der Waals surface area contributed by atoms with Crippen LogP contribution in [0, 0.1) is 17.6 Å². The highest BCUT2D eigenvalue weighted by atomic mass is 32.1. The van der Waals surface area contributed by atoms with Crippen molar-refractivity contribution in [3.63, 3.8) is 0 Å². The van der Waals surface area contributed by atoms with Crippen molar-refractivity contribution in [2.75, 3.05) is 27.2 Å². The molecule has 2 heterocycles. The van der Waals surface area contributed by atoms with Gasteiger partial charge in [0.2, 0.25) is 11.8 Å². The number of nitrogens with zero attached hydrogens (tertiary/aromatic N) is 4. The minimum Gasteiger partial charge on any atom is -0.349 e. The standard InChI is InChI=1S/C19H25N5O2S/c1-13-4-6-14(7-5-13)17-20-21-19(27)24(17)12-16(25)23-10-8-15(9-11-23)18(26)22(2)3/h4-7,15H,8-12H2,1-3H3,(H,21,27). The minimum absolute atomic E-state index is 0.00302. The van der Waals surface area contributed by atoms with Gasteiger partial charge in [0, 0.05) is 38.7 Å². The molecule has 1 aliphatic heterocycles. The third-order valence-corrected chi connectivity index (χ3v) is 5.31. The molecule has 1 saturated heterocycles. The number of hydrogen-bond acceptors (Lipinski definition) is 4. The molecule has 0 bridgehead atoms. The Hall–Kier alpha value is -2.48. The van der Waals surface area contributed by atoms with E-state index >= 15 is 0 Å². The summed E-state index contributed by atoms with van der Waals surface area (Å²) < 4.78 is 2.16. The number of carbonyl (C=O) groups is 2. The van der Waals surface area contributed by atoms with Crippen molar-refractivity contribution in [3.05, 3.63) is 34.6 Å². The van der Waals surface area contributed by atoms with Crippen molar-refractivity contribution in [2.45, 2.75) is 26.3 Å². The summed E-state index contributed by atoms with van der Waals surface area (Å²) in [6.07, 6.45) is 1.40. The number of carbonyl (C=O) groups excluding carboxylic acids is 2. The number of nitrogens with one attached hydrogen (secondary N) is 1. The van der Waals surface area contributed by atoms with Gasteiger partial charge >= 0.3 is 0 Å². The maximum absolute atomic E-state index is 12.8. The van der Waals surface area contributed by atoms with E-state index < -0.39 is 0 Å². The molecule has 0 atom stereocenters. The van der Waals surface area contributed by atoms with E-state index in [0.29, 0.717) is 36.5 Å². The van der Waals surface area contributed by atoms with Gasteiger partial charge in [0.1, 0.15) is 6.54 Å². The number of rotatable bonds is 4. The van der Waals surface area contributed by atoms with Crippen LogP contribution in [-0.2, 0) is 16.1 Å². The molecule has 0 saturated carbocycles. The second kappa shape index (κ2) is 8.04. The lowest BCUT2D eigenvalue weighted by atomic mass is 9.95. The number of aryl methyl sites for hydroxylation is 1. The zero-order valence-corrected chi connectivity index (χ0v) is 16.8. The Morgan fingerprint density at radius 2 is 1.85 bits per heavy atom. The van der Waals surface area contributed by atoms with Crippen LogP contribution in [0.4, 0.5) is 0 Å². The minimum atomic E-state index is -0.00314. The smallest absolute Gasteiger partial charge is 0.242 e. The third kappa shape index (κ3) is 4.27. The molecule has 3 rings (SSSR count). The number of benzene rings is 1. The number of amides is 2. The van der Waals surface area contributed by atoms with Crippen LogP contribution < -0.4 is 0 Å². The van der Waals surface area contributed by atoms with Crippen LogP contribution in [-0.4, -0.2) is 63.6 Å². The Labute approximate surface area is 164 Å². The fourth-order valence-corrected chi connectivity index (χ4v) is 3.56. The summed E-state index contributed by atoms with van der Waals surface area (Å²) in [4.78, 5) is 28.3. The van der Waals surface area contributed by atoms with E-state index in [2.05, 4.69) is 10.2 Å². The maximum atomic E-state index is 12.8. The first-order chi connectivity index (χ1) is 12.9. The van der Waals surface area contributed by atoms with Crippen molar-refractivity contribution < 1.29 is 9.59 Å². The molecule has 1 aliphatic rings. The number of H-pyrrole nitrogens is 1. The second-order valence-corrected chi connectivity index (χ2v) is 7.58. The van der Waals surface area contributed by atoms with Crippen LogP contribution >= 0.6 is 12.2 Å². The van der Waals surface area contributed by atoms with Gasteiger partial charge in [-0.25, -0.2) is 0 Å². The van der Waals surface area contributed by atoms with Gasteiger partial charge in [-0.3, -0.25) is 19.3 Å². The van der Waals surface area contributed by atoms with E-state index in [1.807, 2.05) is 36.1 Å². The Kier molecular flexibility index (Phi) is 5.74. The van der Waals surface area contributed by atoms with Crippen molar-refractivity contribution in [1.29, 1.82) is 0 Å². The van der Waals surface area contributed by atoms with Gasteiger partial charge in [0.25, 0.3) is 0 Å². The van der Waals surface area contributed by atoms with E-state index in [1.54, 1.807) is 23.6 Å². The second-order valence-electron chi connectivity index (χ2n) is 7.19. The highest BCUT2D eigenvalue weighted by Gasteiger charge is 2.28. The Balaban J connectivity index is 1.69. The first kappa shape index (κ1) is 19.3. The van der Waals surface area contributed by atoms with Crippen molar-refractivity contribution in [3.8, 4) is 11.4 Å². The first-order valence-electron chi connectivity index (χ1n) is 9.08. The normalized spacial score (nSPS) is 15.0. The summed E-state index contributed by atoms with van der Waals surface area (Å²) >= 11 is 5.32. The van der Waals surface area contributed by atoms with Gasteiger partial charge in [0.05, 0.1) is 0 Å². The molecule has 0 spiro atoms. The summed E-state index contributed by atoms with van der Waals surface area (Å²) in [6.45, 7) is 3.35. The van der Waals surface area contributed by atoms with E-state index in [4.69, 9.17) is 12.2 Å². The molecule has 0 radical (unpaired) electrons. The molecule has 0 unspecified atom stereocenters. The van der Waals surface area contributed by atoms with Crippen LogP contribution in [0.15, 0.2) is 24.3 Å². The van der Waals surface area contributed by atoms with Gasteiger partial charge in [-0.05, 0) is 32.0 Å². The van der Waals surface area contributed by atoms with Crippen LogP contribution in [0.1, 0.15) is 18.4 Å². The van der Waals surface area contributed by atoms with Gasteiger partial charge < -0.3 is 9.80 Å². The first-order valence-corrected chi connectivity index (χ1v) is 9.49. The van der Waals surface area contributed by atoms with Gasteiger partial charge in [0.15, 0.2) is 10.6 Å². The third-order valence-electron chi connectivity index (χ3n) is 5.00. The Morgan fingerprint density at radius 1 is 1.22 bits per heavy atom. The SMILES string of the molecule is Cc1ccc(-c2n[nH]c(=S)n2CC(=O)N2CCC(C(=O)N(C)C)CC2)cc1. The van der Waals surface area contributed by atoms with Crippen LogP contribution in [0.3, 0.4) is 0 Å². The van der Waals surface area contributed by atoms with Crippen LogP contribution in [0.2, 0.25) is 0 Å². The summed E-state index contributed by atoms with van der Waals surface area (Å²) in [6, 6.07) is 7.96. The Bertz CT molecular complexity index is 876. The molecule has 2 aromatic rings. The molecule has 27 heavy (non-hydrogen) atoms. The zero-order valence-electron chi connectivity index (χ0n) is 15.9. The van der Waals surface area contributed by atoms with Gasteiger partial charge in [-0.2, -0.15) is 5.10 Å². The molecule has 1 N–H and O–H groups in total. The lowest BCUT2D eigenvalue weighted by molar-refractivity contribution is -0.139. The fraction of sp³-hybridized carbons (Fsp3) is 0.474. The summed E-state index contributed by atoms with van der Waals surface area (Å²) in [5, 5.41) is 7.08. The fourth-order valence-electron chi connectivity index (χ4n) is 3.36. The molecule has 7 nitrogen and oxygen atoms in total. The van der Waals surface area contributed by atoms with Crippen LogP contribution in [0.25, 0.3) is 11.4 Å². The highest BCUT2D eigenvalue weighted by Crippen LogP contribution is 2.21. The molecular formula is C19H25N5O2S. The van der Waals surface area contributed by atoms with E-state index in [0.717, 1.165) is 11.1 Å². The molecular weight excluding hydrogens is 362 g/mol. The van der Waals surface area contributed by atoms with Crippen molar-refractivity contribution in [2.24, 2.45) is 5.92 Å². The molecule has 8 heteroatoms. The predicted molar refractivity (Wildman–Crippen MR) is 106 cm³/mol. The monoisotopic (exact) mass is 387 g/mol. The average Bonchev–Trinajstić information content (AvgIpc) is 3.02. The lowest BCUT2D eigenvalue weighted by Crippen LogP contribution is -2.43. The summed E-state index contributed by atoms with van der Waals surface area (Å²) in [5.74, 6) is 0.798. The molecule has 144 valence electrons. The number of aromatic amines is 1. The van der Waals surface area contributed by atoms with Gasteiger partial charge in [-0.1, -0.05) is 29.8 Å². The molecule has 1 fully saturated rings. The summed E-state index contributed by atoms with van der Waals surface area (Å²) in [7, 11) is 3.54. The van der Waals surface area contributed by atoms with Gasteiger partial charge in [-0.15, -0.1) is 0 Å². The van der Waals surface area contributed by atoms with E-state index in [9.17, 15) is 9.59 Å². The van der Waals surface area contributed by atoms with E-state index in [-0.39, 0.29) is 24.3 Å². The van der Waals surface area contributed by atoms with Crippen molar-refractivity contribution in [1.82, 2.24) is 24.6 Å². The summed E-state index contributed by atoms with van der Waals surface area (Å²) in [5.41, 5.74) is 2.07. The molecule has 1 aromatic heterocycles. The average molecular weight is 388 g/mol. The number of likely N-dealkylation sites (tertiary alicyclic amines) is 1. The lowest BCUT2D eigenvalue weighted by Gasteiger charge is -2.32. The highest BCUT2D eigenvalue weighted by molar-refractivity contribution is 7.71. The molecule has 0 aliphatic carbocycles. The topological polar surface area (TPSA) is 74.2 Å². The number of aromatic nitrogens is 3. The Morgan fingerprint density at radius 3 is 2.44 bits per heavy atom. The van der Waals surface area contributed by atoms with Crippen molar-refractivity contribution >= 4 is 24.0 Å². The largest absolute Gasteiger partial charge is 0.349 e. The molecule has 2 amide bonds. The predicted octanol–water partition coefficient (Wildman–Crippen LogP) is 2.24. The maximum Gasteiger partial charge on any atom is 0.242 e. The zero-order chi connectivity index (χ0) is 19.6.